The van der Waals surface area contributed by atoms with Crippen LogP contribution in [0.2, 0.25) is 0 Å². The van der Waals surface area contributed by atoms with Crippen LogP contribution in [0.5, 0.6) is 0 Å². The summed E-state index contributed by atoms with van der Waals surface area (Å²) < 4.78 is 12.8. The fourth-order valence-corrected chi connectivity index (χ4v) is 2.61. The standard InChI is InChI=1S/C14H10N4O2S/c1-3-12(21-8-1)13-16-14(20-17-13)11-5-4-10(19-11)9-18-7-2-6-15-18/h1-8H,9H2. The topological polar surface area (TPSA) is 69.9 Å². The molecule has 0 unspecified atom stereocenters. The van der Waals surface area contributed by atoms with Crippen molar-refractivity contribution in [2.45, 2.75) is 6.54 Å². The molecule has 21 heavy (non-hydrogen) atoms. The SMILES string of the molecule is c1csc(-c2noc(-c3ccc(Cn4cccn4)o3)n2)c1. The largest absolute Gasteiger partial charge is 0.454 e. The first-order valence-electron chi connectivity index (χ1n) is 6.32. The van der Waals surface area contributed by atoms with Gasteiger partial charge in [-0.1, -0.05) is 11.2 Å². The normalized spacial score (nSPS) is 11.0. The minimum Gasteiger partial charge on any atom is -0.454 e. The second kappa shape index (κ2) is 5.02. The molecule has 0 saturated heterocycles. The van der Waals surface area contributed by atoms with Crippen molar-refractivity contribution in [2.24, 2.45) is 0 Å². The van der Waals surface area contributed by atoms with Crippen LogP contribution in [0, 0.1) is 0 Å². The summed E-state index contributed by atoms with van der Waals surface area (Å²) in [5.41, 5.74) is 0. The lowest BCUT2D eigenvalue weighted by atomic mass is 10.4. The maximum absolute atomic E-state index is 5.72. The Balaban J connectivity index is 1.58. The zero-order chi connectivity index (χ0) is 14.1. The number of nitrogens with zero attached hydrogens (tertiary/aromatic N) is 4. The minimum absolute atomic E-state index is 0.380. The van der Waals surface area contributed by atoms with Gasteiger partial charge in [0, 0.05) is 12.4 Å². The lowest BCUT2D eigenvalue weighted by Gasteiger charge is -1.96. The number of furan rings is 1. The first kappa shape index (κ1) is 12.1. The number of hydrogen-bond donors (Lipinski definition) is 0. The maximum atomic E-state index is 5.72. The molecular formula is C14H10N4O2S. The van der Waals surface area contributed by atoms with Gasteiger partial charge in [0.25, 0.3) is 5.89 Å². The predicted molar refractivity (Wildman–Crippen MR) is 76.6 cm³/mol. The van der Waals surface area contributed by atoms with Crippen molar-refractivity contribution in [3.05, 3.63) is 53.9 Å². The van der Waals surface area contributed by atoms with E-state index in [1.165, 1.54) is 0 Å². The molecule has 0 aromatic carbocycles. The van der Waals surface area contributed by atoms with Crippen molar-refractivity contribution in [3.63, 3.8) is 0 Å². The highest BCUT2D eigenvalue weighted by molar-refractivity contribution is 7.13. The number of hydrogen-bond acceptors (Lipinski definition) is 6. The first-order chi connectivity index (χ1) is 10.4. The molecule has 0 bridgehead atoms. The van der Waals surface area contributed by atoms with Crippen LogP contribution in [0.1, 0.15) is 5.76 Å². The van der Waals surface area contributed by atoms with Crippen molar-refractivity contribution < 1.29 is 8.94 Å². The van der Waals surface area contributed by atoms with Crippen molar-refractivity contribution in [3.8, 4) is 22.4 Å². The Bertz CT molecular complexity index is 830. The van der Waals surface area contributed by atoms with Crippen molar-refractivity contribution in [2.75, 3.05) is 0 Å². The van der Waals surface area contributed by atoms with Gasteiger partial charge >= 0.3 is 0 Å². The highest BCUT2D eigenvalue weighted by Gasteiger charge is 2.14. The Kier molecular flexibility index (Phi) is 2.89. The van der Waals surface area contributed by atoms with Crippen LogP contribution in [0.4, 0.5) is 0 Å². The highest BCUT2D eigenvalue weighted by atomic mass is 32.1. The Morgan fingerprint density at radius 2 is 2.19 bits per heavy atom. The van der Waals surface area contributed by atoms with Crippen molar-refractivity contribution >= 4 is 11.3 Å². The molecule has 104 valence electrons. The van der Waals surface area contributed by atoms with Gasteiger partial charge in [-0.3, -0.25) is 4.68 Å². The van der Waals surface area contributed by atoms with E-state index in [0.717, 1.165) is 10.6 Å². The minimum atomic E-state index is 0.380. The summed E-state index contributed by atoms with van der Waals surface area (Å²) in [5.74, 6) is 2.30. The molecule has 4 aromatic rings. The summed E-state index contributed by atoms with van der Waals surface area (Å²) in [6, 6.07) is 9.47. The summed E-state index contributed by atoms with van der Waals surface area (Å²) in [4.78, 5) is 5.32. The molecule has 0 saturated carbocycles. The third kappa shape index (κ3) is 2.38. The maximum Gasteiger partial charge on any atom is 0.293 e. The van der Waals surface area contributed by atoms with Gasteiger partial charge < -0.3 is 8.94 Å². The average Bonchev–Trinajstić information content (AvgIpc) is 3.28. The molecule has 0 fully saturated rings. The van der Waals surface area contributed by atoms with E-state index >= 15 is 0 Å². The van der Waals surface area contributed by atoms with E-state index in [0.29, 0.717) is 24.0 Å². The zero-order valence-corrected chi connectivity index (χ0v) is 11.7. The van der Waals surface area contributed by atoms with Gasteiger partial charge in [-0.05, 0) is 29.6 Å². The van der Waals surface area contributed by atoms with E-state index in [1.807, 2.05) is 41.9 Å². The molecule has 4 heterocycles. The summed E-state index contributed by atoms with van der Waals surface area (Å²) in [5, 5.41) is 10.1. The molecule has 0 aliphatic carbocycles. The lowest BCUT2D eigenvalue weighted by Crippen LogP contribution is -1.97. The molecule has 0 amide bonds. The average molecular weight is 298 g/mol. The van der Waals surface area contributed by atoms with Gasteiger partial charge in [0.05, 0.1) is 11.4 Å². The molecule has 4 rings (SSSR count). The van der Waals surface area contributed by atoms with Gasteiger partial charge in [0.2, 0.25) is 5.82 Å². The van der Waals surface area contributed by atoms with E-state index in [2.05, 4.69) is 15.2 Å². The van der Waals surface area contributed by atoms with Crippen molar-refractivity contribution in [1.29, 1.82) is 0 Å². The summed E-state index contributed by atoms with van der Waals surface area (Å²) >= 11 is 1.57. The van der Waals surface area contributed by atoms with Crippen LogP contribution in [0.15, 0.2) is 57.0 Å². The molecule has 0 aliphatic rings. The first-order valence-corrected chi connectivity index (χ1v) is 7.20. The smallest absolute Gasteiger partial charge is 0.293 e. The van der Waals surface area contributed by atoms with Crippen LogP contribution in [0.3, 0.4) is 0 Å². The summed E-state index contributed by atoms with van der Waals surface area (Å²) in [6.45, 7) is 0.568. The third-order valence-corrected chi connectivity index (χ3v) is 3.78. The van der Waals surface area contributed by atoms with Crippen LogP contribution in [-0.2, 0) is 6.54 Å². The number of aromatic nitrogens is 4. The van der Waals surface area contributed by atoms with E-state index < -0.39 is 0 Å². The van der Waals surface area contributed by atoms with Crippen LogP contribution in [0.25, 0.3) is 22.4 Å². The van der Waals surface area contributed by atoms with E-state index in [9.17, 15) is 0 Å². The van der Waals surface area contributed by atoms with Gasteiger partial charge in [0.15, 0.2) is 5.76 Å². The van der Waals surface area contributed by atoms with Crippen molar-refractivity contribution in [1.82, 2.24) is 19.9 Å². The molecule has 0 N–H and O–H groups in total. The van der Waals surface area contributed by atoms with Gasteiger partial charge in [-0.15, -0.1) is 11.3 Å². The second-order valence-corrected chi connectivity index (χ2v) is 5.32. The van der Waals surface area contributed by atoms with Crippen LogP contribution < -0.4 is 0 Å². The molecule has 6 nitrogen and oxygen atoms in total. The lowest BCUT2D eigenvalue weighted by molar-refractivity contribution is 0.408. The van der Waals surface area contributed by atoms with Gasteiger partial charge in [-0.25, -0.2) is 0 Å². The quantitative estimate of drug-likeness (QED) is 0.578. The fraction of sp³-hybridized carbons (Fsp3) is 0.0714. The Morgan fingerprint density at radius 3 is 3.00 bits per heavy atom. The van der Waals surface area contributed by atoms with E-state index in [1.54, 1.807) is 22.2 Å². The molecule has 7 heteroatoms. The predicted octanol–water partition coefficient (Wildman–Crippen LogP) is 3.30. The summed E-state index contributed by atoms with van der Waals surface area (Å²) in [7, 11) is 0. The molecule has 4 aromatic heterocycles. The van der Waals surface area contributed by atoms with Gasteiger partial charge in [0.1, 0.15) is 5.76 Å². The molecule has 0 aliphatic heterocycles. The Labute approximate surface area is 123 Å². The molecule has 0 radical (unpaired) electrons. The van der Waals surface area contributed by atoms with E-state index in [4.69, 9.17) is 8.94 Å². The molecular weight excluding hydrogens is 288 g/mol. The van der Waals surface area contributed by atoms with Crippen LogP contribution >= 0.6 is 11.3 Å². The third-order valence-electron chi connectivity index (χ3n) is 2.92. The van der Waals surface area contributed by atoms with Crippen LogP contribution in [-0.4, -0.2) is 19.9 Å². The summed E-state index contributed by atoms with van der Waals surface area (Å²) in [6.07, 6.45) is 3.61. The Morgan fingerprint density at radius 1 is 1.19 bits per heavy atom. The molecule has 0 atom stereocenters. The molecule has 0 spiro atoms. The fourth-order valence-electron chi connectivity index (χ4n) is 1.96. The second-order valence-electron chi connectivity index (χ2n) is 4.37. The monoisotopic (exact) mass is 298 g/mol. The van der Waals surface area contributed by atoms with E-state index in [-0.39, 0.29) is 0 Å². The zero-order valence-electron chi connectivity index (χ0n) is 10.8. The number of rotatable bonds is 4. The Hall–Kier alpha value is -2.67. The highest BCUT2D eigenvalue weighted by Crippen LogP contribution is 2.26. The van der Waals surface area contributed by atoms with Gasteiger partial charge in [-0.2, -0.15) is 10.1 Å². The number of thiophene rings is 1.